The summed E-state index contributed by atoms with van der Waals surface area (Å²) in [6.07, 6.45) is 0.182. The number of likely N-dealkylation sites (N-methyl/N-ethyl adjacent to an activating group) is 1. The fraction of sp³-hybridized carbons (Fsp3) is 0.500. The molecule has 1 unspecified atom stereocenters. The Bertz CT molecular complexity index is 664. The number of nitrogens with zero attached hydrogens (tertiary/aromatic N) is 2. The Kier molecular flexibility index (Phi) is 3.78. The number of hydrogen-bond donors (Lipinski definition) is 1. The highest BCUT2D eigenvalue weighted by atomic mass is 32.1. The maximum absolute atomic E-state index is 5.82. The van der Waals surface area contributed by atoms with Crippen molar-refractivity contribution in [3.63, 3.8) is 0 Å². The van der Waals surface area contributed by atoms with Crippen molar-refractivity contribution in [1.82, 2.24) is 14.5 Å². The highest BCUT2D eigenvalue weighted by Gasteiger charge is 2.19. The third-order valence-corrected chi connectivity index (χ3v) is 4.03. The molecule has 1 aromatic carbocycles. The standard InChI is InChI=1S/C14H19N3O2S/c1-16-5-6-19-11(8-16)9-17-13-4-3-10(18-2)7-12(13)15-14(17)20/h3-4,7,11H,5-6,8-9H2,1-2H3,(H,15,20). The number of benzene rings is 1. The van der Waals surface area contributed by atoms with E-state index < -0.39 is 0 Å². The minimum Gasteiger partial charge on any atom is -0.497 e. The van der Waals surface area contributed by atoms with E-state index >= 15 is 0 Å². The van der Waals surface area contributed by atoms with Crippen molar-refractivity contribution in [3.8, 4) is 5.75 Å². The Labute approximate surface area is 123 Å². The molecule has 5 nitrogen and oxygen atoms in total. The first-order valence-corrected chi connectivity index (χ1v) is 7.15. The van der Waals surface area contributed by atoms with Crippen LogP contribution in [-0.4, -0.2) is 54.4 Å². The van der Waals surface area contributed by atoms with Gasteiger partial charge in [-0.1, -0.05) is 0 Å². The van der Waals surface area contributed by atoms with Crippen LogP contribution in [0.25, 0.3) is 11.0 Å². The van der Waals surface area contributed by atoms with Crippen LogP contribution < -0.4 is 4.74 Å². The lowest BCUT2D eigenvalue weighted by atomic mass is 10.2. The van der Waals surface area contributed by atoms with E-state index in [-0.39, 0.29) is 6.10 Å². The molecule has 2 heterocycles. The molecule has 0 radical (unpaired) electrons. The van der Waals surface area contributed by atoms with E-state index in [0.717, 1.165) is 47.8 Å². The van der Waals surface area contributed by atoms with Crippen molar-refractivity contribution in [1.29, 1.82) is 0 Å². The van der Waals surface area contributed by atoms with Gasteiger partial charge < -0.3 is 23.9 Å². The summed E-state index contributed by atoms with van der Waals surface area (Å²) >= 11 is 5.43. The number of H-pyrrole nitrogens is 1. The fourth-order valence-electron chi connectivity index (χ4n) is 2.63. The van der Waals surface area contributed by atoms with Gasteiger partial charge in [0.2, 0.25) is 0 Å². The molecule has 0 spiro atoms. The predicted octanol–water partition coefficient (Wildman–Crippen LogP) is 2.04. The molecule has 6 heteroatoms. The minimum absolute atomic E-state index is 0.182. The van der Waals surface area contributed by atoms with Gasteiger partial charge in [-0.3, -0.25) is 0 Å². The lowest BCUT2D eigenvalue weighted by Gasteiger charge is -2.30. The summed E-state index contributed by atoms with van der Waals surface area (Å²) in [5.41, 5.74) is 2.09. The van der Waals surface area contributed by atoms with Gasteiger partial charge in [0.1, 0.15) is 5.75 Å². The summed E-state index contributed by atoms with van der Waals surface area (Å²) in [7, 11) is 3.79. The van der Waals surface area contributed by atoms with Crippen LogP contribution in [0.4, 0.5) is 0 Å². The molecule has 1 N–H and O–H groups in total. The number of hydrogen-bond acceptors (Lipinski definition) is 4. The van der Waals surface area contributed by atoms with Crippen molar-refractivity contribution in [2.75, 3.05) is 33.9 Å². The molecule has 2 aromatic rings. The van der Waals surface area contributed by atoms with Gasteiger partial charge in [0.25, 0.3) is 0 Å². The molecule has 1 fully saturated rings. The van der Waals surface area contributed by atoms with Crippen LogP contribution in [0.3, 0.4) is 0 Å². The van der Waals surface area contributed by atoms with Crippen LogP contribution in [0.2, 0.25) is 0 Å². The van der Waals surface area contributed by atoms with Gasteiger partial charge in [-0.2, -0.15) is 0 Å². The zero-order chi connectivity index (χ0) is 14.1. The van der Waals surface area contributed by atoms with Gasteiger partial charge in [-0.05, 0) is 31.4 Å². The Hall–Kier alpha value is -1.37. The van der Waals surface area contributed by atoms with Crippen LogP contribution in [-0.2, 0) is 11.3 Å². The quantitative estimate of drug-likeness (QED) is 0.880. The van der Waals surface area contributed by atoms with Crippen LogP contribution in [0.5, 0.6) is 5.75 Å². The van der Waals surface area contributed by atoms with Gasteiger partial charge in [-0.25, -0.2) is 0 Å². The molecule has 0 amide bonds. The van der Waals surface area contributed by atoms with Gasteiger partial charge in [-0.15, -0.1) is 0 Å². The highest BCUT2D eigenvalue weighted by molar-refractivity contribution is 7.71. The summed E-state index contributed by atoms with van der Waals surface area (Å²) in [6.45, 7) is 3.48. The molecule has 1 aliphatic rings. The largest absolute Gasteiger partial charge is 0.497 e. The number of aromatic nitrogens is 2. The number of methoxy groups -OCH3 is 1. The average molecular weight is 293 g/mol. The third-order valence-electron chi connectivity index (χ3n) is 3.71. The monoisotopic (exact) mass is 293 g/mol. The zero-order valence-corrected chi connectivity index (χ0v) is 12.6. The van der Waals surface area contributed by atoms with Gasteiger partial charge >= 0.3 is 0 Å². The summed E-state index contributed by atoms with van der Waals surface area (Å²) in [6, 6.07) is 5.96. The molecule has 20 heavy (non-hydrogen) atoms. The molecule has 3 rings (SSSR count). The van der Waals surface area contributed by atoms with E-state index in [1.165, 1.54) is 0 Å². The summed E-state index contributed by atoms with van der Waals surface area (Å²) in [4.78, 5) is 5.52. The second-order valence-corrected chi connectivity index (χ2v) is 5.57. The molecular weight excluding hydrogens is 274 g/mol. The number of fused-ring (bicyclic) bond motifs is 1. The van der Waals surface area contributed by atoms with Crippen molar-refractivity contribution >= 4 is 23.3 Å². The zero-order valence-electron chi connectivity index (χ0n) is 11.8. The Morgan fingerprint density at radius 1 is 1.50 bits per heavy atom. The first kappa shape index (κ1) is 13.6. The topological polar surface area (TPSA) is 42.4 Å². The number of morpholine rings is 1. The number of ether oxygens (including phenoxy) is 2. The van der Waals surface area contributed by atoms with Crippen molar-refractivity contribution in [2.45, 2.75) is 12.6 Å². The molecule has 0 aliphatic carbocycles. The van der Waals surface area contributed by atoms with Crippen LogP contribution >= 0.6 is 12.2 Å². The van der Waals surface area contributed by atoms with Crippen LogP contribution in [0, 0.1) is 4.77 Å². The molecule has 0 saturated carbocycles. The summed E-state index contributed by atoms with van der Waals surface area (Å²) < 4.78 is 13.9. The Balaban J connectivity index is 1.91. The smallest absolute Gasteiger partial charge is 0.178 e. The molecule has 108 valence electrons. The summed E-state index contributed by atoms with van der Waals surface area (Å²) in [5.74, 6) is 0.828. The van der Waals surface area contributed by atoms with Gasteiger partial charge in [0, 0.05) is 19.2 Å². The summed E-state index contributed by atoms with van der Waals surface area (Å²) in [5, 5.41) is 0. The normalized spacial score (nSPS) is 20.4. The molecule has 1 aliphatic heterocycles. The Morgan fingerprint density at radius 3 is 3.10 bits per heavy atom. The van der Waals surface area contributed by atoms with Crippen LogP contribution in [0.15, 0.2) is 18.2 Å². The second-order valence-electron chi connectivity index (χ2n) is 5.18. The van der Waals surface area contributed by atoms with Crippen molar-refractivity contribution < 1.29 is 9.47 Å². The minimum atomic E-state index is 0.182. The van der Waals surface area contributed by atoms with E-state index in [2.05, 4.69) is 21.5 Å². The van der Waals surface area contributed by atoms with E-state index in [1.807, 2.05) is 18.2 Å². The van der Waals surface area contributed by atoms with E-state index in [9.17, 15) is 0 Å². The Morgan fingerprint density at radius 2 is 2.35 bits per heavy atom. The SMILES string of the molecule is COc1ccc2c(c1)[nH]c(=S)n2CC1CN(C)CCO1. The first-order valence-electron chi connectivity index (χ1n) is 6.74. The molecular formula is C14H19N3O2S. The molecule has 1 atom stereocenters. The highest BCUT2D eigenvalue weighted by Crippen LogP contribution is 2.21. The first-order chi connectivity index (χ1) is 9.67. The average Bonchev–Trinajstić information content (AvgIpc) is 2.74. The lowest BCUT2D eigenvalue weighted by Crippen LogP contribution is -2.41. The van der Waals surface area contributed by atoms with E-state index in [4.69, 9.17) is 21.7 Å². The van der Waals surface area contributed by atoms with Crippen molar-refractivity contribution in [2.24, 2.45) is 0 Å². The maximum atomic E-state index is 5.82. The fourth-order valence-corrected chi connectivity index (χ4v) is 2.91. The van der Waals surface area contributed by atoms with E-state index in [1.54, 1.807) is 7.11 Å². The maximum Gasteiger partial charge on any atom is 0.178 e. The number of rotatable bonds is 3. The third kappa shape index (κ3) is 2.59. The predicted molar refractivity (Wildman–Crippen MR) is 80.9 cm³/mol. The molecule has 1 saturated heterocycles. The van der Waals surface area contributed by atoms with E-state index in [0.29, 0.717) is 0 Å². The lowest BCUT2D eigenvalue weighted by molar-refractivity contribution is -0.0271. The number of aromatic amines is 1. The number of imidazole rings is 1. The molecule has 1 aromatic heterocycles. The van der Waals surface area contributed by atoms with Crippen molar-refractivity contribution in [3.05, 3.63) is 23.0 Å². The van der Waals surface area contributed by atoms with Crippen LogP contribution in [0.1, 0.15) is 0 Å². The number of nitrogens with one attached hydrogen (secondary N) is 1. The van der Waals surface area contributed by atoms with Gasteiger partial charge in [0.05, 0.1) is 37.4 Å². The van der Waals surface area contributed by atoms with Gasteiger partial charge in [0.15, 0.2) is 4.77 Å². The molecule has 0 bridgehead atoms. The second kappa shape index (κ2) is 5.55.